The number of hydrogen-bond donors (Lipinski definition) is 1. The maximum absolute atomic E-state index is 13.2. The monoisotopic (exact) mass is 450 g/mol. The molecule has 1 saturated heterocycles. The molecule has 1 aromatic carbocycles. The van der Waals surface area contributed by atoms with Crippen molar-refractivity contribution in [3.63, 3.8) is 0 Å². The van der Waals surface area contributed by atoms with Crippen LogP contribution in [0.25, 0.3) is 15.9 Å². The van der Waals surface area contributed by atoms with Crippen molar-refractivity contribution in [2.24, 2.45) is 0 Å². The molecule has 160 valence electrons. The average Bonchev–Trinajstić information content (AvgIpc) is 3.56. The molecule has 2 unspecified atom stereocenters. The first-order valence-electron chi connectivity index (χ1n) is 10.7. The van der Waals surface area contributed by atoms with Crippen LogP contribution in [-0.4, -0.2) is 39.7 Å². The first-order valence-corrected chi connectivity index (χ1v) is 12.4. The number of amides is 1. The van der Waals surface area contributed by atoms with Crippen molar-refractivity contribution >= 4 is 38.8 Å². The summed E-state index contributed by atoms with van der Waals surface area (Å²) >= 11 is 3.28. The summed E-state index contributed by atoms with van der Waals surface area (Å²) in [5.41, 5.74) is 1.95. The molecule has 1 aliphatic heterocycles. The Balaban J connectivity index is 1.41. The van der Waals surface area contributed by atoms with Crippen molar-refractivity contribution in [2.45, 2.75) is 38.8 Å². The number of thiophene rings is 2. The van der Waals surface area contributed by atoms with E-state index in [0.29, 0.717) is 0 Å². The predicted octanol–water partition coefficient (Wildman–Crippen LogP) is 5.41. The third-order valence-corrected chi connectivity index (χ3v) is 8.02. The molecule has 1 fully saturated rings. The number of para-hydroxylation sites is 1. The van der Waals surface area contributed by atoms with E-state index < -0.39 is 0 Å². The highest BCUT2D eigenvalue weighted by molar-refractivity contribution is 7.20. The second-order valence-electron chi connectivity index (χ2n) is 8.13. The number of aromatic nitrogens is 2. The molecule has 7 heteroatoms. The van der Waals surface area contributed by atoms with E-state index in [-0.39, 0.29) is 18.0 Å². The fourth-order valence-corrected chi connectivity index (χ4v) is 6.53. The number of benzene rings is 1. The lowest BCUT2D eigenvalue weighted by Gasteiger charge is -2.32. The summed E-state index contributed by atoms with van der Waals surface area (Å²) in [6, 6.07) is 16.6. The van der Waals surface area contributed by atoms with Gasteiger partial charge in [-0.15, -0.1) is 22.7 Å². The summed E-state index contributed by atoms with van der Waals surface area (Å²) in [6.07, 6.45) is 2.46. The number of carbonyl (C=O) groups is 1. The predicted molar refractivity (Wildman–Crippen MR) is 128 cm³/mol. The average molecular weight is 451 g/mol. The number of hydrogen-bond acceptors (Lipinski definition) is 5. The van der Waals surface area contributed by atoms with Crippen molar-refractivity contribution in [3.8, 4) is 5.69 Å². The Morgan fingerprint density at radius 3 is 2.61 bits per heavy atom. The minimum atomic E-state index is -0.00605. The zero-order valence-electron chi connectivity index (χ0n) is 17.7. The number of rotatable bonds is 6. The van der Waals surface area contributed by atoms with Crippen molar-refractivity contribution in [2.75, 3.05) is 13.1 Å². The molecule has 0 aliphatic carbocycles. The zero-order chi connectivity index (χ0) is 21.4. The maximum Gasteiger partial charge on any atom is 0.261 e. The SMILES string of the molecule is Cc1nn(-c2ccccc2)c2sc(C(=O)NC(C)C(c3cccs3)N3CCCC3)cc12. The van der Waals surface area contributed by atoms with Crippen LogP contribution in [0.1, 0.15) is 46.0 Å². The Labute approximate surface area is 190 Å². The van der Waals surface area contributed by atoms with E-state index in [2.05, 4.69) is 39.8 Å². The third kappa shape index (κ3) is 3.93. The molecule has 4 aromatic rings. The second-order valence-corrected chi connectivity index (χ2v) is 10.1. The van der Waals surface area contributed by atoms with E-state index >= 15 is 0 Å². The van der Waals surface area contributed by atoms with Gasteiger partial charge < -0.3 is 5.32 Å². The molecule has 1 N–H and O–H groups in total. The summed E-state index contributed by atoms with van der Waals surface area (Å²) in [7, 11) is 0. The number of carbonyl (C=O) groups excluding carboxylic acids is 1. The zero-order valence-corrected chi connectivity index (χ0v) is 19.4. The van der Waals surface area contributed by atoms with Crippen LogP contribution in [0.3, 0.4) is 0 Å². The first-order chi connectivity index (χ1) is 15.1. The molecule has 5 rings (SSSR count). The molecule has 4 heterocycles. The first kappa shape index (κ1) is 20.4. The molecule has 0 saturated carbocycles. The summed E-state index contributed by atoms with van der Waals surface area (Å²) < 4.78 is 1.94. The summed E-state index contributed by atoms with van der Waals surface area (Å²) in [5, 5.41) is 11.1. The Morgan fingerprint density at radius 1 is 1.13 bits per heavy atom. The number of nitrogens with zero attached hydrogens (tertiary/aromatic N) is 3. The van der Waals surface area contributed by atoms with Crippen LogP contribution in [0.15, 0.2) is 53.9 Å². The Kier molecular flexibility index (Phi) is 5.65. The van der Waals surface area contributed by atoms with Gasteiger partial charge in [0.25, 0.3) is 5.91 Å². The van der Waals surface area contributed by atoms with E-state index in [1.807, 2.05) is 48.0 Å². The molecule has 31 heavy (non-hydrogen) atoms. The van der Waals surface area contributed by atoms with Crippen molar-refractivity contribution in [3.05, 3.63) is 69.4 Å². The molecule has 3 aromatic heterocycles. The molecule has 1 amide bonds. The topological polar surface area (TPSA) is 50.2 Å². The van der Waals surface area contributed by atoms with E-state index in [9.17, 15) is 4.79 Å². The lowest BCUT2D eigenvalue weighted by atomic mass is 10.1. The van der Waals surface area contributed by atoms with Crippen LogP contribution in [-0.2, 0) is 0 Å². The summed E-state index contributed by atoms with van der Waals surface area (Å²) in [6.45, 7) is 6.32. The van der Waals surface area contributed by atoms with Crippen molar-refractivity contribution in [1.29, 1.82) is 0 Å². The number of aryl methyl sites for hydroxylation is 1. The second kappa shape index (κ2) is 8.57. The van der Waals surface area contributed by atoms with Gasteiger partial charge in [0.1, 0.15) is 4.83 Å². The quantitative estimate of drug-likeness (QED) is 0.427. The lowest BCUT2D eigenvalue weighted by Crippen LogP contribution is -2.43. The number of nitrogens with one attached hydrogen (secondary N) is 1. The Hall–Kier alpha value is -2.48. The van der Waals surface area contributed by atoms with Gasteiger partial charge in [-0.3, -0.25) is 9.69 Å². The van der Waals surface area contributed by atoms with Crippen molar-refractivity contribution < 1.29 is 4.79 Å². The van der Waals surface area contributed by atoms with Crippen molar-refractivity contribution in [1.82, 2.24) is 20.0 Å². The van der Waals surface area contributed by atoms with Gasteiger partial charge in [-0.25, -0.2) is 4.68 Å². The summed E-state index contributed by atoms with van der Waals surface area (Å²) in [4.78, 5) is 18.8. The van der Waals surface area contributed by atoms with E-state index in [0.717, 1.165) is 39.6 Å². The van der Waals surface area contributed by atoms with Gasteiger partial charge in [0.05, 0.1) is 22.3 Å². The normalized spacial score (nSPS) is 16.6. The molecule has 2 atom stereocenters. The highest BCUT2D eigenvalue weighted by atomic mass is 32.1. The lowest BCUT2D eigenvalue weighted by molar-refractivity contribution is 0.0912. The Morgan fingerprint density at radius 2 is 1.90 bits per heavy atom. The van der Waals surface area contributed by atoms with E-state index in [1.165, 1.54) is 29.1 Å². The van der Waals surface area contributed by atoms with E-state index in [4.69, 9.17) is 0 Å². The fraction of sp³-hybridized carbons (Fsp3) is 0.333. The standard InChI is InChI=1S/C24H26N4OS2/c1-16-19-15-21(31-24(19)28(26-16)18-9-4-3-5-10-18)23(29)25-17(2)22(20-11-8-14-30-20)27-12-6-7-13-27/h3-5,8-11,14-15,17,22H,6-7,12-13H2,1-2H3,(H,25,29). The highest BCUT2D eigenvalue weighted by Crippen LogP contribution is 2.33. The van der Waals surface area contributed by atoms with Gasteiger partial charge in [0, 0.05) is 16.3 Å². The molecular weight excluding hydrogens is 424 g/mol. The third-order valence-electron chi connectivity index (χ3n) is 5.97. The summed E-state index contributed by atoms with van der Waals surface area (Å²) in [5.74, 6) is -0.00605. The molecule has 0 radical (unpaired) electrons. The van der Waals surface area contributed by atoms with Crippen LogP contribution < -0.4 is 5.32 Å². The molecule has 5 nitrogen and oxygen atoms in total. The van der Waals surface area contributed by atoms with Crippen LogP contribution in [0, 0.1) is 6.92 Å². The van der Waals surface area contributed by atoms with Crippen LogP contribution in [0.2, 0.25) is 0 Å². The van der Waals surface area contributed by atoms with Crippen LogP contribution in [0.4, 0.5) is 0 Å². The van der Waals surface area contributed by atoms with Gasteiger partial charge in [-0.05, 0) is 69.4 Å². The maximum atomic E-state index is 13.2. The fourth-order valence-electron chi connectivity index (χ4n) is 4.48. The van der Waals surface area contributed by atoms with Gasteiger partial charge >= 0.3 is 0 Å². The molecule has 1 aliphatic rings. The van der Waals surface area contributed by atoms with Gasteiger partial charge in [-0.2, -0.15) is 5.10 Å². The smallest absolute Gasteiger partial charge is 0.261 e. The molecule has 0 spiro atoms. The van der Waals surface area contributed by atoms with Gasteiger partial charge in [-0.1, -0.05) is 24.3 Å². The van der Waals surface area contributed by atoms with Gasteiger partial charge in [0.15, 0.2) is 0 Å². The molecular formula is C24H26N4OS2. The molecule has 0 bridgehead atoms. The van der Waals surface area contributed by atoms with E-state index in [1.54, 1.807) is 11.3 Å². The Bertz CT molecular complexity index is 1170. The van der Waals surface area contributed by atoms with Crippen LogP contribution in [0.5, 0.6) is 0 Å². The largest absolute Gasteiger partial charge is 0.347 e. The highest BCUT2D eigenvalue weighted by Gasteiger charge is 2.30. The number of likely N-dealkylation sites (tertiary alicyclic amines) is 1. The van der Waals surface area contributed by atoms with Crippen LogP contribution >= 0.6 is 22.7 Å². The van der Waals surface area contributed by atoms with Gasteiger partial charge in [0.2, 0.25) is 0 Å². The minimum absolute atomic E-state index is 0.00605. The minimum Gasteiger partial charge on any atom is -0.347 e. The number of fused-ring (bicyclic) bond motifs is 1.